The monoisotopic (exact) mass is 640 g/mol. The van der Waals surface area contributed by atoms with Gasteiger partial charge in [-0.1, -0.05) is 52.7 Å². The van der Waals surface area contributed by atoms with Crippen molar-refractivity contribution in [2.24, 2.45) is 0 Å². The van der Waals surface area contributed by atoms with Crippen LogP contribution >= 0.6 is 23.2 Å². The van der Waals surface area contributed by atoms with Crippen molar-refractivity contribution in [3.63, 3.8) is 0 Å². The summed E-state index contributed by atoms with van der Waals surface area (Å²) in [6, 6.07) is 15.0. The fourth-order valence-electron chi connectivity index (χ4n) is 6.55. The number of halogens is 2. The Labute approximate surface area is 267 Å². The normalized spacial score (nSPS) is 18.5. The summed E-state index contributed by atoms with van der Waals surface area (Å²) < 4.78 is 7.71. The molecule has 234 valence electrons. The number of nitrogens with zero attached hydrogens (tertiary/aromatic N) is 5. The van der Waals surface area contributed by atoms with Crippen molar-refractivity contribution in [3.05, 3.63) is 76.0 Å². The molecule has 2 aromatic carbocycles. The molecule has 0 saturated carbocycles. The first kappa shape index (κ1) is 31.9. The lowest BCUT2D eigenvalue weighted by Gasteiger charge is -2.48. The molecule has 2 saturated heterocycles. The van der Waals surface area contributed by atoms with Gasteiger partial charge in [0.1, 0.15) is 11.2 Å². The Bertz CT molecular complexity index is 1470. The van der Waals surface area contributed by atoms with Gasteiger partial charge in [-0.25, -0.2) is 4.68 Å². The molecule has 10 nitrogen and oxygen atoms in total. The van der Waals surface area contributed by atoms with E-state index in [-0.39, 0.29) is 17.7 Å². The number of para-hydroxylation sites is 1. The number of aromatic nitrogens is 3. The third-order valence-electron chi connectivity index (χ3n) is 8.83. The summed E-state index contributed by atoms with van der Waals surface area (Å²) in [5.41, 5.74) is 1.45. The highest BCUT2D eigenvalue weighted by molar-refractivity contribution is 6.42. The van der Waals surface area contributed by atoms with Gasteiger partial charge in [-0.3, -0.25) is 14.4 Å². The van der Waals surface area contributed by atoms with Crippen molar-refractivity contribution in [2.75, 3.05) is 33.2 Å². The van der Waals surface area contributed by atoms with Crippen molar-refractivity contribution in [2.45, 2.75) is 63.0 Å². The van der Waals surface area contributed by atoms with Crippen LogP contribution in [0.4, 0.5) is 0 Å². The SMILES string of the molecule is CNC(=O)C1(N2CCCCC2=O)CCN(CCC(c2ccc(Cl)c(Cl)c2)C(OC(C)=O)c2cnnn2-c2ccccc2)CC1. The predicted molar refractivity (Wildman–Crippen MR) is 168 cm³/mol. The summed E-state index contributed by atoms with van der Waals surface area (Å²) in [5.74, 6) is -0.789. The van der Waals surface area contributed by atoms with Crippen LogP contribution in [0.3, 0.4) is 0 Å². The topological polar surface area (TPSA) is 110 Å². The van der Waals surface area contributed by atoms with E-state index in [0.29, 0.717) is 67.6 Å². The molecular formula is C32H38Cl2N6O4. The van der Waals surface area contributed by atoms with Crippen LogP contribution in [0.5, 0.6) is 0 Å². The second kappa shape index (κ2) is 14.1. The van der Waals surface area contributed by atoms with E-state index < -0.39 is 17.6 Å². The first-order chi connectivity index (χ1) is 21.2. The molecule has 0 spiro atoms. The molecule has 1 N–H and O–H groups in total. The number of carbonyl (C=O) groups is 3. The Morgan fingerprint density at radius 1 is 1.05 bits per heavy atom. The Morgan fingerprint density at radius 2 is 1.80 bits per heavy atom. The van der Waals surface area contributed by atoms with Crippen LogP contribution in [-0.4, -0.2) is 81.3 Å². The molecule has 44 heavy (non-hydrogen) atoms. The Hall–Kier alpha value is -3.47. The molecular weight excluding hydrogens is 603 g/mol. The number of nitrogens with one attached hydrogen (secondary N) is 1. The number of amides is 2. The standard InChI is InChI=1S/C32H38Cl2N6O4/c1-22(41)44-30(28-21-36-37-40(28)24-8-4-3-5-9-24)25(23-11-12-26(33)27(34)20-23)13-17-38-18-14-32(15-19-38,31(43)35-2)39-16-7-6-10-29(39)42/h3-5,8-9,11-12,20-21,25,30H,6-7,10,13-19H2,1-2H3,(H,35,43). The molecule has 1 aromatic heterocycles. The molecule has 0 aliphatic carbocycles. The van der Waals surface area contributed by atoms with Crippen LogP contribution in [0.2, 0.25) is 10.0 Å². The van der Waals surface area contributed by atoms with E-state index in [9.17, 15) is 14.4 Å². The fraction of sp³-hybridized carbons (Fsp3) is 0.469. The van der Waals surface area contributed by atoms with Crippen LogP contribution in [0.25, 0.3) is 5.69 Å². The largest absolute Gasteiger partial charge is 0.455 e. The molecule has 2 amide bonds. The summed E-state index contributed by atoms with van der Waals surface area (Å²) in [4.78, 5) is 42.7. The summed E-state index contributed by atoms with van der Waals surface area (Å²) in [7, 11) is 1.64. The zero-order valence-electron chi connectivity index (χ0n) is 25.0. The number of hydrogen-bond donors (Lipinski definition) is 1. The molecule has 2 aliphatic rings. The summed E-state index contributed by atoms with van der Waals surface area (Å²) >= 11 is 12.8. The van der Waals surface area contributed by atoms with E-state index in [1.807, 2.05) is 47.4 Å². The van der Waals surface area contributed by atoms with E-state index >= 15 is 0 Å². The fourth-order valence-corrected chi connectivity index (χ4v) is 6.86. The lowest BCUT2D eigenvalue weighted by Crippen LogP contribution is -2.65. The van der Waals surface area contributed by atoms with Gasteiger partial charge in [-0.05, 0) is 68.5 Å². The highest BCUT2D eigenvalue weighted by Gasteiger charge is 2.48. The van der Waals surface area contributed by atoms with E-state index in [1.165, 1.54) is 6.92 Å². The van der Waals surface area contributed by atoms with E-state index in [4.69, 9.17) is 27.9 Å². The van der Waals surface area contributed by atoms with Gasteiger partial charge < -0.3 is 19.9 Å². The third-order valence-corrected chi connectivity index (χ3v) is 9.57. The maximum absolute atomic E-state index is 13.2. The van der Waals surface area contributed by atoms with Crippen LogP contribution in [0.1, 0.15) is 68.7 Å². The van der Waals surface area contributed by atoms with Crippen LogP contribution in [-0.2, 0) is 19.1 Å². The number of rotatable bonds is 10. The van der Waals surface area contributed by atoms with Crippen molar-refractivity contribution < 1.29 is 19.1 Å². The number of carbonyl (C=O) groups excluding carboxylic acids is 3. The zero-order valence-corrected chi connectivity index (χ0v) is 26.6. The molecule has 3 heterocycles. The molecule has 0 radical (unpaired) electrons. The molecule has 5 rings (SSSR count). The number of likely N-dealkylation sites (tertiary alicyclic amines) is 2. The minimum atomic E-state index is -0.833. The second-order valence-corrected chi connectivity index (χ2v) is 12.3. The average Bonchev–Trinajstić information content (AvgIpc) is 3.52. The average molecular weight is 642 g/mol. The highest BCUT2D eigenvalue weighted by atomic mass is 35.5. The zero-order chi connectivity index (χ0) is 31.3. The predicted octanol–water partition coefficient (Wildman–Crippen LogP) is 4.95. The molecule has 12 heteroatoms. The molecule has 2 unspecified atom stereocenters. The highest BCUT2D eigenvalue weighted by Crippen LogP contribution is 2.40. The van der Waals surface area contributed by atoms with Gasteiger partial charge in [0, 0.05) is 45.9 Å². The number of hydrogen-bond acceptors (Lipinski definition) is 7. The molecule has 2 aliphatic heterocycles. The van der Waals surface area contributed by atoms with Gasteiger partial charge in [0.25, 0.3) is 0 Å². The van der Waals surface area contributed by atoms with Crippen LogP contribution in [0, 0.1) is 0 Å². The Balaban J connectivity index is 1.42. The number of benzene rings is 2. The molecule has 2 atom stereocenters. The smallest absolute Gasteiger partial charge is 0.303 e. The van der Waals surface area contributed by atoms with Gasteiger partial charge in [-0.2, -0.15) is 0 Å². The van der Waals surface area contributed by atoms with E-state index in [0.717, 1.165) is 24.1 Å². The summed E-state index contributed by atoms with van der Waals surface area (Å²) in [6.45, 7) is 3.95. The van der Waals surface area contributed by atoms with Crippen molar-refractivity contribution in [1.29, 1.82) is 0 Å². The van der Waals surface area contributed by atoms with Gasteiger partial charge in [-0.15, -0.1) is 5.10 Å². The quantitative estimate of drug-likeness (QED) is 0.312. The lowest BCUT2D eigenvalue weighted by atomic mass is 9.82. The second-order valence-electron chi connectivity index (χ2n) is 11.5. The Kier molecular flexibility index (Phi) is 10.2. The lowest BCUT2D eigenvalue weighted by molar-refractivity contribution is -0.153. The molecule has 3 aromatic rings. The van der Waals surface area contributed by atoms with Crippen LogP contribution in [0.15, 0.2) is 54.7 Å². The summed E-state index contributed by atoms with van der Waals surface area (Å²) in [6.07, 6.45) is 4.86. The minimum absolute atomic E-state index is 0.0563. The maximum atomic E-state index is 13.2. The minimum Gasteiger partial charge on any atom is -0.455 e. The first-order valence-electron chi connectivity index (χ1n) is 15.1. The number of likely N-dealkylation sites (N-methyl/N-ethyl adjacent to an activating group) is 1. The van der Waals surface area contributed by atoms with Gasteiger partial charge in [0.05, 0.1) is 21.9 Å². The van der Waals surface area contributed by atoms with Crippen molar-refractivity contribution in [3.8, 4) is 5.69 Å². The van der Waals surface area contributed by atoms with E-state index in [2.05, 4.69) is 20.5 Å². The van der Waals surface area contributed by atoms with Crippen molar-refractivity contribution in [1.82, 2.24) is 30.1 Å². The van der Waals surface area contributed by atoms with Gasteiger partial charge in [0.15, 0.2) is 6.10 Å². The summed E-state index contributed by atoms with van der Waals surface area (Å²) in [5, 5.41) is 12.1. The van der Waals surface area contributed by atoms with Crippen LogP contribution < -0.4 is 5.32 Å². The Morgan fingerprint density at radius 3 is 2.45 bits per heavy atom. The number of esters is 1. The van der Waals surface area contributed by atoms with Gasteiger partial charge >= 0.3 is 5.97 Å². The number of ether oxygens (including phenoxy) is 1. The number of piperidine rings is 2. The third kappa shape index (κ3) is 6.77. The van der Waals surface area contributed by atoms with Gasteiger partial charge in [0.2, 0.25) is 11.8 Å². The maximum Gasteiger partial charge on any atom is 0.303 e. The first-order valence-corrected chi connectivity index (χ1v) is 15.8. The van der Waals surface area contributed by atoms with E-state index in [1.54, 1.807) is 24.0 Å². The molecule has 0 bridgehead atoms. The molecule has 2 fully saturated rings. The van der Waals surface area contributed by atoms with Crippen molar-refractivity contribution >= 4 is 41.0 Å².